The van der Waals surface area contributed by atoms with Crippen molar-refractivity contribution in [3.8, 4) is 11.4 Å². The van der Waals surface area contributed by atoms with Gasteiger partial charge in [-0.15, -0.1) is 5.10 Å². The fourth-order valence-electron chi connectivity index (χ4n) is 1.93. The summed E-state index contributed by atoms with van der Waals surface area (Å²) in [7, 11) is 0. The van der Waals surface area contributed by atoms with E-state index in [-0.39, 0.29) is 6.54 Å². The van der Waals surface area contributed by atoms with Crippen LogP contribution in [-0.4, -0.2) is 36.3 Å². The largest absolute Gasteiger partial charge is 0.481 e. The lowest BCUT2D eigenvalue weighted by molar-refractivity contribution is -0.144. The zero-order valence-electron chi connectivity index (χ0n) is 9.82. The summed E-state index contributed by atoms with van der Waals surface area (Å²) in [6.07, 6.45) is 4.64. The van der Waals surface area contributed by atoms with Gasteiger partial charge in [-0.1, -0.05) is 0 Å². The summed E-state index contributed by atoms with van der Waals surface area (Å²) in [4.78, 5) is 15.3. The second-order valence-electron chi connectivity index (χ2n) is 4.64. The maximum Gasteiger partial charge on any atom is 0.311 e. The first-order valence-corrected chi connectivity index (χ1v) is 6.50. The van der Waals surface area contributed by atoms with Crippen molar-refractivity contribution in [2.45, 2.75) is 19.4 Å². The quantitative estimate of drug-likeness (QED) is 0.913. The molecule has 7 nitrogen and oxygen atoms in total. The average Bonchev–Trinajstić information content (AvgIpc) is 3.01. The first-order chi connectivity index (χ1) is 9.11. The van der Waals surface area contributed by atoms with E-state index >= 15 is 0 Å². The van der Waals surface area contributed by atoms with Crippen molar-refractivity contribution in [3.05, 3.63) is 22.9 Å². The lowest BCUT2D eigenvalue weighted by Crippen LogP contribution is -2.22. The monoisotopic (exact) mass is 323 g/mol. The molecule has 1 aliphatic rings. The lowest BCUT2D eigenvalue weighted by atomic mass is 10.1. The Kier molecular flexibility index (Phi) is 2.81. The van der Waals surface area contributed by atoms with Crippen LogP contribution in [0.2, 0.25) is 0 Å². The highest BCUT2D eigenvalue weighted by atomic mass is 79.9. The second-order valence-corrected chi connectivity index (χ2v) is 5.55. The Bertz CT molecular complexity index is 638. The zero-order chi connectivity index (χ0) is 13.5. The molecule has 2 heterocycles. The number of aliphatic carboxylic acids is 1. The summed E-state index contributed by atoms with van der Waals surface area (Å²) in [5.41, 5.74) is 0.0457. The fraction of sp³-hybridized carbons (Fsp3) is 0.364. The van der Waals surface area contributed by atoms with Crippen LogP contribution in [0.3, 0.4) is 0 Å². The maximum atomic E-state index is 11.2. The van der Waals surface area contributed by atoms with E-state index in [1.165, 1.54) is 4.68 Å². The normalized spacial score (nSPS) is 16.3. The molecule has 0 unspecified atom stereocenters. The van der Waals surface area contributed by atoms with Crippen LogP contribution in [0, 0.1) is 5.41 Å². The Morgan fingerprint density at radius 3 is 2.89 bits per heavy atom. The number of halogens is 1. The third-order valence-electron chi connectivity index (χ3n) is 3.25. The number of pyridine rings is 1. The molecule has 19 heavy (non-hydrogen) atoms. The summed E-state index contributed by atoms with van der Waals surface area (Å²) in [6.45, 7) is 0.289. The van der Waals surface area contributed by atoms with Crippen LogP contribution >= 0.6 is 15.9 Å². The minimum absolute atomic E-state index is 0.289. The molecule has 0 atom stereocenters. The first-order valence-electron chi connectivity index (χ1n) is 5.71. The van der Waals surface area contributed by atoms with E-state index < -0.39 is 11.4 Å². The minimum atomic E-state index is -0.790. The molecule has 1 N–H and O–H groups in total. The molecule has 1 saturated carbocycles. The molecule has 1 fully saturated rings. The molecule has 0 amide bonds. The highest BCUT2D eigenvalue weighted by molar-refractivity contribution is 9.10. The third kappa shape index (κ3) is 2.23. The molecule has 0 aromatic carbocycles. The van der Waals surface area contributed by atoms with E-state index in [0.717, 1.165) is 10.0 Å². The number of carboxylic acids is 1. The number of carboxylic acid groups (broad SMARTS) is 1. The van der Waals surface area contributed by atoms with Gasteiger partial charge in [-0.2, -0.15) is 0 Å². The van der Waals surface area contributed by atoms with Crippen molar-refractivity contribution >= 4 is 21.9 Å². The Hall–Kier alpha value is -1.83. The van der Waals surface area contributed by atoms with Crippen LogP contribution in [0.25, 0.3) is 11.4 Å². The van der Waals surface area contributed by atoms with Crippen molar-refractivity contribution < 1.29 is 9.90 Å². The summed E-state index contributed by atoms with van der Waals surface area (Å²) < 4.78 is 2.35. The smallest absolute Gasteiger partial charge is 0.311 e. The minimum Gasteiger partial charge on any atom is -0.481 e. The zero-order valence-corrected chi connectivity index (χ0v) is 11.4. The van der Waals surface area contributed by atoms with Gasteiger partial charge in [0.25, 0.3) is 0 Å². The van der Waals surface area contributed by atoms with E-state index in [4.69, 9.17) is 0 Å². The number of nitrogens with zero attached hydrogens (tertiary/aromatic N) is 5. The number of carbonyl (C=O) groups is 1. The SMILES string of the molecule is O=C(O)C1(Cn2nnnc2-c2cncc(Br)c2)CC1. The molecule has 0 spiro atoms. The molecule has 0 saturated heterocycles. The summed E-state index contributed by atoms with van der Waals surface area (Å²) >= 11 is 3.33. The lowest BCUT2D eigenvalue weighted by Gasteiger charge is -2.10. The van der Waals surface area contributed by atoms with Crippen LogP contribution in [-0.2, 0) is 11.3 Å². The van der Waals surface area contributed by atoms with Crippen LogP contribution in [0.4, 0.5) is 0 Å². The van der Waals surface area contributed by atoms with Gasteiger partial charge in [0.15, 0.2) is 5.82 Å². The summed E-state index contributed by atoms with van der Waals surface area (Å²) in [5.74, 6) is -0.261. The van der Waals surface area contributed by atoms with Gasteiger partial charge in [0.2, 0.25) is 0 Å². The third-order valence-corrected chi connectivity index (χ3v) is 3.69. The van der Waals surface area contributed by atoms with Crippen molar-refractivity contribution in [2.75, 3.05) is 0 Å². The van der Waals surface area contributed by atoms with Gasteiger partial charge in [0, 0.05) is 22.4 Å². The highest BCUT2D eigenvalue weighted by Gasteiger charge is 2.51. The Morgan fingerprint density at radius 2 is 2.26 bits per heavy atom. The fourth-order valence-corrected chi connectivity index (χ4v) is 2.29. The van der Waals surface area contributed by atoms with Crippen molar-refractivity contribution in [1.82, 2.24) is 25.2 Å². The van der Waals surface area contributed by atoms with Gasteiger partial charge in [-0.3, -0.25) is 9.78 Å². The van der Waals surface area contributed by atoms with Gasteiger partial charge in [0.1, 0.15) is 0 Å². The molecule has 0 aliphatic heterocycles. The molecule has 0 bridgehead atoms. The van der Waals surface area contributed by atoms with Crippen molar-refractivity contribution in [2.24, 2.45) is 5.41 Å². The summed E-state index contributed by atoms with van der Waals surface area (Å²) in [6, 6.07) is 1.84. The molecule has 2 aromatic heterocycles. The maximum absolute atomic E-state index is 11.2. The van der Waals surface area contributed by atoms with E-state index in [1.807, 2.05) is 6.07 Å². The number of aromatic nitrogens is 5. The summed E-state index contributed by atoms with van der Waals surface area (Å²) in [5, 5.41) is 20.7. The predicted octanol–water partition coefficient (Wildman–Crippen LogP) is 1.36. The number of hydrogen-bond donors (Lipinski definition) is 1. The Labute approximate surface area is 116 Å². The van der Waals surface area contributed by atoms with E-state index in [0.29, 0.717) is 18.7 Å². The molecule has 3 rings (SSSR count). The topological polar surface area (TPSA) is 93.8 Å². The van der Waals surface area contributed by atoms with E-state index in [1.54, 1.807) is 12.4 Å². The second kappa shape index (κ2) is 4.37. The number of rotatable bonds is 4. The molecule has 98 valence electrons. The van der Waals surface area contributed by atoms with Crippen LogP contribution < -0.4 is 0 Å². The van der Waals surface area contributed by atoms with Crippen molar-refractivity contribution in [1.29, 1.82) is 0 Å². The standard InChI is InChI=1S/C11H10BrN5O2/c12-8-3-7(4-13-5-8)9-14-15-16-17(9)6-11(1-2-11)10(18)19/h3-5H,1-2,6H2,(H,18,19). The van der Waals surface area contributed by atoms with Gasteiger partial charge < -0.3 is 5.11 Å². The highest BCUT2D eigenvalue weighted by Crippen LogP contribution is 2.47. The van der Waals surface area contributed by atoms with Gasteiger partial charge in [-0.05, 0) is 45.3 Å². The number of hydrogen-bond acceptors (Lipinski definition) is 5. The first kappa shape index (κ1) is 12.2. The van der Waals surface area contributed by atoms with Crippen LogP contribution in [0.5, 0.6) is 0 Å². The van der Waals surface area contributed by atoms with Gasteiger partial charge >= 0.3 is 5.97 Å². The molecular weight excluding hydrogens is 314 g/mol. The number of tetrazole rings is 1. The molecule has 0 radical (unpaired) electrons. The van der Waals surface area contributed by atoms with Gasteiger partial charge in [0.05, 0.1) is 12.0 Å². The van der Waals surface area contributed by atoms with E-state index in [9.17, 15) is 9.90 Å². The van der Waals surface area contributed by atoms with Crippen LogP contribution in [0.15, 0.2) is 22.9 Å². The Balaban J connectivity index is 1.93. The molecule has 8 heteroatoms. The van der Waals surface area contributed by atoms with Gasteiger partial charge in [-0.25, -0.2) is 4.68 Å². The molecule has 2 aromatic rings. The molecule has 1 aliphatic carbocycles. The van der Waals surface area contributed by atoms with Crippen LogP contribution in [0.1, 0.15) is 12.8 Å². The van der Waals surface area contributed by atoms with E-state index in [2.05, 4.69) is 36.4 Å². The van der Waals surface area contributed by atoms with Crippen molar-refractivity contribution in [3.63, 3.8) is 0 Å². The molecular formula is C11H10BrN5O2. The average molecular weight is 324 g/mol. The Morgan fingerprint density at radius 1 is 1.47 bits per heavy atom. The predicted molar refractivity (Wildman–Crippen MR) is 68.1 cm³/mol.